The molecule has 5 rings (SSSR count). The molecule has 0 spiro atoms. The lowest BCUT2D eigenvalue weighted by Gasteiger charge is -2.50. The molecule has 41 heavy (non-hydrogen) atoms. The number of allylic oxidation sites excluding steroid dienone is 5. The van der Waals surface area contributed by atoms with E-state index >= 15 is 0 Å². The smallest absolute Gasteiger partial charge is 0.330 e. The Balaban J connectivity index is 1.68. The summed E-state index contributed by atoms with van der Waals surface area (Å²) in [6.45, 7) is 18.1. The van der Waals surface area contributed by atoms with Gasteiger partial charge in [0.05, 0.1) is 4.92 Å². The van der Waals surface area contributed by atoms with E-state index in [4.69, 9.17) is 9.15 Å². The van der Waals surface area contributed by atoms with Crippen molar-refractivity contribution in [3.8, 4) is 5.75 Å². The van der Waals surface area contributed by atoms with Crippen molar-refractivity contribution in [3.05, 3.63) is 117 Å². The first kappa shape index (κ1) is 28.0. The van der Waals surface area contributed by atoms with Crippen LogP contribution in [0.3, 0.4) is 0 Å². The molecule has 2 aliphatic rings. The maximum Gasteiger partial charge on any atom is 0.330 e. The molecule has 0 aliphatic carbocycles. The Morgan fingerprint density at radius 1 is 1.10 bits per heavy atom. The number of nitro groups is 1. The molecular formula is C32H33BN3O5. The zero-order valence-corrected chi connectivity index (χ0v) is 23.8. The van der Waals surface area contributed by atoms with Crippen LogP contribution in [0.1, 0.15) is 33.3 Å². The molecule has 1 atom stereocenters. The van der Waals surface area contributed by atoms with Crippen molar-refractivity contribution < 1.29 is 14.1 Å². The van der Waals surface area contributed by atoms with Crippen LogP contribution < -0.4 is 20.7 Å². The third-order valence-corrected chi connectivity index (χ3v) is 8.17. The first-order valence-electron chi connectivity index (χ1n) is 13.7. The SMILES string of the molecule is C=CC=C1/C(=C\C=C)N2Cc3cc([N+](=O)[O-])ccc3OC2([B]c2cc3ccc(N(CC)CC)cc3oc2=O)C1(C)C. The predicted molar refractivity (Wildman–Crippen MR) is 164 cm³/mol. The van der Waals surface area contributed by atoms with Gasteiger partial charge >= 0.3 is 5.63 Å². The summed E-state index contributed by atoms with van der Waals surface area (Å²) in [7, 11) is 1.82. The molecular weight excluding hydrogens is 517 g/mol. The number of anilines is 1. The summed E-state index contributed by atoms with van der Waals surface area (Å²) in [5.74, 6) is 0.517. The van der Waals surface area contributed by atoms with Crippen molar-refractivity contribution in [1.82, 2.24) is 4.90 Å². The zero-order valence-electron chi connectivity index (χ0n) is 23.8. The highest BCUT2D eigenvalue weighted by Gasteiger charge is 2.62. The minimum atomic E-state index is -1.16. The van der Waals surface area contributed by atoms with Crippen LogP contribution in [-0.2, 0) is 6.54 Å². The fraction of sp³-hybridized carbons (Fsp3) is 0.281. The van der Waals surface area contributed by atoms with Crippen LogP contribution in [0.15, 0.2) is 100 Å². The summed E-state index contributed by atoms with van der Waals surface area (Å²) in [5, 5.41) is 12.3. The van der Waals surface area contributed by atoms with E-state index in [1.807, 2.05) is 62.4 Å². The van der Waals surface area contributed by atoms with Crippen molar-refractivity contribution in [2.45, 2.75) is 39.9 Å². The third kappa shape index (κ3) is 4.45. The Bertz CT molecular complexity index is 1680. The number of fused-ring (bicyclic) bond motifs is 3. The van der Waals surface area contributed by atoms with Crippen molar-refractivity contribution in [3.63, 3.8) is 0 Å². The number of hydrogen-bond acceptors (Lipinski definition) is 7. The molecule has 2 aliphatic heterocycles. The van der Waals surface area contributed by atoms with Crippen molar-refractivity contribution in [1.29, 1.82) is 0 Å². The molecule has 0 saturated carbocycles. The van der Waals surface area contributed by atoms with Gasteiger partial charge in [0, 0.05) is 71.0 Å². The molecule has 1 aromatic heterocycles. The Kier molecular flexibility index (Phi) is 7.15. The second-order valence-corrected chi connectivity index (χ2v) is 10.7. The summed E-state index contributed by atoms with van der Waals surface area (Å²) in [6.07, 6.45) is 7.22. The molecule has 1 radical (unpaired) electrons. The fourth-order valence-electron chi connectivity index (χ4n) is 6.00. The quantitative estimate of drug-likeness (QED) is 0.155. The number of benzene rings is 2. The molecule has 0 N–H and O–H groups in total. The second kappa shape index (κ2) is 10.5. The molecule has 0 bridgehead atoms. The van der Waals surface area contributed by atoms with Crippen LogP contribution in [0.25, 0.3) is 11.0 Å². The highest BCUT2D eigenvalue weighted by atomic mass is 16.6. The van der Waals surface area contributed by atoms with Crippen LogP contribution in [0.5, 0.6) is 5.75 Å². The van der Waals surface area contributed by atoms with Crippen LogP contribution >= 0.6 is 0 Å². The van der Waals surface area contributed by atoms with E-state index in [-0.39, 0.29) is 5.69 Å². The van der Waals surface area contributed by atoms with Crippen LogP contribution in [0.4, 0.5) is 11.4 Å². The van der Waals surface area contributed by atoms with Crippen molar-refractivity contribution in [2.75, 3.05) is 18.0 Å². The lowest BCUT2D eigenvalue weighted by atomic mass is 9.51. The Morgan fingerprint density at radius 3 is 2.49 bits per heavy atom. The molecule has 9 heteroatoms. The molecule has 1 saturated heterocycles. The largest absolute Gasteiger partial charge is 0.475 e. The van der Waals surface area contributed by atoms with Gasteiger partial charge in [0.1, 0.15) is 11.3 Å². The van der Waals surface area contributed by atoms with E-state index in [1.165, 1.54) is 12.1 Å². The average Bonchev–Trinajstić information content (AvgIpc) is 3.11. The van der Waals surface area contributed by atoms with Gasteiger partial charge in [-0.3, -0.25) is 10.1 Å². The Hall–Kier alpha value is -4.53. The van der Waals surface area contributed by atoms with Gasteiger partial charge in [-0.2, -0.15) is 0 Å². The minimum Gasteiger partial charge on any atom is -0.475 e. The molecule has 3 aromatic rings. The molecule has 3 heterocycles. The number of hydrogen-bond donors (Lipinski definition) is 0. The van der Waals surface area contributed by atoms with Crippen molar-refractivity contribution in [2.24, 2.45) is 5.41 Å². The van der Waals surface area contributed by atoms with Gasteiger partial charge in [-0.1, -0.05) is 51.3 Å². The highest BCUT2D eigenvalue weighted by Crippen LogP contribution is 2.57. The Labute approximate surface area is 240 Å². The topological polar surface area (TPSA) is 89.1 Å². The minimum absolute atomic E-state index is 0.0161. The van der Waals surface area contributed by atoms with E-state index in [2.05, 4.69) is 31.9 Å². The van der Waals surface area contributed by atoms with Crippen LogP contribution in [0.2, 0.25) is 0 Å². The lowest BCUT2D eigenvalue weighted by molar-refractivity contribution is -0.385. The number of non-ortho nitro benzene ring substituents is 1. The van der Waals surface area contributed by atoms with E-state index in [0.717, 1.165) is 35.4 Å². The zero-order chi connectivity index (χ0) is 29.5. The molecule has 209 valence electrons. The van der Waals surface area contributed by atoms with Crippen LogP contribution in [0, 0.1) is 15.5 Å². The van der Waals surface area contributed by atoms with Gasteiger partial charge in [0.15, 0.2) is 5.62 Å². The van der Waals surface area contributed by atoms with Gasteiger partial charge in [0.2, 0.25) is 7.28 Å². The first-order valence-corrected chi connectivity index (χ1v) is 13.7. The second-order valence-electron chi connectivity index (χ2n) is 10.7. The van der Waals surface area contributed by atoms with Gasteiger partial charge in [-0.15, -0.1) is 0 Å². The number of ether oxygens (including phenoxy) is 1. The van der Waals surface area contributed by atoms with Gasteiger partial charge in [-0.05, 0) is 43.7 Å². The summed E-state index contributed by atoms with van der Waals surface area (Å²) < 4.78 is 12.7. The van der Waals surface area contributed by atoms with Gasteiger partial charge in [0.25, 0.3) is 5.69 Å². The van der Waals surface area contributed by atoms with E-state index < -0.39 is 21.6 Å². The summed E-state index contributed by atoms with van der Waals surface area (Å²) in [4.78, 5) is 28.8. The molecule has 0 amide bonds. The maximum absolute atomic E-state index is 13.5. The fourth-order valence-corrected chi connectivity index (χ4v) is 6.00. The number of rotatable bonds is 8. The Morgan fingerprint density at radius 2 is 1.83 bits per heavy atom. The highest BCUT2D eigenvalue weighted by molar-refractivity contribution is 6.57. The third-order valence-electron chi connectivity index (χ3n) is 8.17. The van der Waals surface area contributed by atoms with Gasteiger partial charge < -0.3 is 19.0 Å². The predicted octanol–water partition coefficient (Wildman–Crippen LogP) is 5.65. The summed E-state index contributed by atoms with van der Waals surface area (Å²) in [6, 6.07) is 12.3. The standard InChI is InChI=1S/C32H33BN3O5/c1-7-11-25-27(12-8-2)35-20-22-17-24(36(38)39)15-16-28(22)41-32(35,31(25,5)6)33-26-18-21-13-14-23(34(9-3)10-4)19-29(21)40-30(26)37/h7-8,11-19H,1-2,9-10,20H2,3-6H3/b25-11?,27-12+. The maximum atomic E-state index is 13.5. The van der Waals surface area contributed by atoms with E-state index in [0.29, 0.717) is 28.9 Å². The molecule has 2 aromatic carbocycles. The van der Waals surface area contributed by atoms with E-state index in [1.54, 1.807) is 18.2 Å². The summed E-state index contributed by atoms with van der Waals surface area (Å²) >= 11 is 0. The normalized spacial score (nSPS) is 20.8. The average molecular weight is 550 g/mol. The molecule has 8 nitrogen and oxygen atoms in total. The number of nitrogens with zero attached hydrogens (tertiary/aromatic N) is 3. The monoisotopic (exact) mass is 550 g/mol. The summed E-state index contributed by atoms with van der Waals surface area (Å²) in [5.41, 5.74) is 1.94. The molecule has 1 unspecified atom stereocenters. The van der Waals surface area contributed by atoms with Gasteiger partial charge in [-0.25, -0.2) is 4.79 Å². The number of nitro benzene ring substituents is 1. The lowest BCUT2D eigenvalue weighted by Crippen LogP contribution is -2.66. The van der Waals surface area contributed by atoms with Crippen molar-refractivity contribution >= 4 is 35.1 Å². The van der Waals surface area contributed by atoms with E-state index in [9.17, 15) is 14.9 Å². The first-order chi connectivity index (χ1) is 19.6. The van der Waals surface area contributed by atoms with Crippen LogP contribution in [-0.4, -0.2) is 35.8 Å². The molecule has 1 fully saturated rings.